The van der Waals surface area contributed by atoms with Crippen molar-refractivity contribution in [1.29, 1.82) is 0 Å². The Balaban J connectivity index is 3.27. The number of benzene rings is 1. The Morgan fingerprint density at radius 3 is 2.38 bits per heavy atom. The third-order valence-corrected chi connectivity index (χ3v) is 2.74. The van der Waals surface area contributed by atoms with Crippen molar-refractivity contribution in [3.05, 3.63) is 29.3 Å². The quantitative estimate of drug-likeness (QED) is 0.861. The highest BCUT2D eigenvalue weighted by molar-refractivity contribution is 5.39. The molecule has 16 heavy (non-hydrogen) atoms. The molecule has 0 saturated carbocycles. The van der Waals surface area contributed by atoms with E-state index in [0.717, 1.165) is 6.07 Å². The molecule has 1 aromatic carbocycles. The van der Waals surface area contributed by atoms with Crippen LogP contribution in [-0.4, -0.2) is 13.7 Å². The van der Waals surface area contributed by atoms with Crippen molar-refractivity contribution < 1.29 is 13.5 Å². The number of methoxy groups -OCH3 is 1. The third-order valence-electron chi connectivity index (χ3n) is 2.74. The number of hydrogen-bond donors (Lipinski definition) is 1. The predicted octanol–water partition coefficient (Wildman–Crippen LogP) is 2.67. The molecule has 0 amide bonds. The van der Waals surface area contributed by atoms with E-state index in [1.165, 1.54) is 13.2 Å². The van der Waals surface area contributed by atoms with Crippen molar-refractivity contribution in [2.75, 3.05) is 13.7 Å². The fourth-order valence-electron chi connectivity index (χ4n) is 1.80. The topological polar surface area (TPSA) is 35.2 Å². The Labute approximate surface area is 94.4 Å². The van der Waals surface area contributed by atoms with Crippen molar-refractivity contribution in [2.24, 2.45) is 11.7 Å². The summed E-state index contributed by atoms with van der Waals surface area (Å²) in [5.74, 6) is -1.68. The van der Waals surface area contributed by atoms with E-state index in [1.54, 1.807) is 0 Å². The highest BCUT2D eigenvalue weighted by Crippen LogP contribution is 2.34. The first kappa shape index (κ1) is 12.9. The van der Waals surface area contributed by atoms with Crippen LogP contribution in [0.4, 0.5) is 8.78 Å². The summed E-state index contributed by atoms with van der Waals surface area (Å²) in [6.45, 7) is 4.34. The summed E-state index contributed by atoms with van der Waals surface area (Å²) in [6.07, 6.45) is 0. The summed E-state index contributed by atoms with van der Waals surface area (Å²) < 4.78 is 31.4. The molecule has 0 heterocycles. The van der Waals surface area contributed by atoms with Crippen molar-refractivity contribution in [1.82, 2.24) is 0 Å². The highest BCUT2D eigenvalue weighted by atomic mass is 19.2. The summed E-state index contributed by atoms with van der Waals surface area (Å²) in [5.41, 5.74) is 6.27. The summed E-state index contributed by atoms with van der Waals surface area (Å²) in [7, 11) is 1.33. The number of rotatable bonds is 4. The molecule has 1 unspecified atom stereocenters. The first-order chi connectivity index (χ1) is 7.52. The van der Waals surface area contributed by atoms with Gasteiger partial charge < -0.3 is 10.5 Å². The van der Waals surface area contributed by atoms with Crippen LogP contribution >= 0.6 is 0 Å². The zero-order chi connectivity index (χ0) is 12.3. The van der Waals surface area contributed by atoms with Gasteiger partial charge >= 0.3 is 0 Å². The molecule has 0 saturated heterocycles. The zero-order valence-electron chi connectivity index (χ0n) is 9.76. The van der Waals surface area contributed by atoms with Crippen LogP contribution in [0.15, 0.2) is 12.1 Å². The lowest BCUT2D eigenvalue weighted by atomic mass is 9.88. The second-order valence-corrected chi connectivity index (χ2v) is 4.07. The van der Waals surface area contributed by atoms with Gasteiger partial charge in [0.05, 0.1) is 7.11 Å². The molecule has 2 N–H and O–H groups in total. The molecule has 1 rings (SSSR count). The van der Waals surface area contributed by atoms with Crippen molar-refractivity contribution in [2.45, 2.75) is 19.8 Å². The van der Waals surface area contributed by atoms with Gasteiger partial charge in [0.1, 0.15) is 0 Å². The molecule has 1 aromatic rings. The van der Waals surface area contributed by atoms with Gasteiger partial charge in [0.25, 0.3) is 0 Å². The van der Waals surface area contributed by atoms with Crippen LogP contribution in [0.1, 0.15) is 25.3 Å². The van der Waals surface area contributed by atoms with Gasteiger partial charge in [-0.1, -0.05) is 19.9 Å². The van der Waals surface area contributed by atoms with Crippen LogP contribution in [0.5, 0.6) is 5.75 Å². The van der Waals surface area contributed by atoms with Crippen LogP contribution in [-0.2, 0) is 0 Å². The van der Waals surface area contributed by atoms with E-state index in [-0.39, 0.29) is 17.6 Å². The van der Waals surface area contributed by atoms with Crippen LogP contribution in [0.25, 0.3) is 0 Å². The molecule has 0 bridgehead atoms. The van der Waals surface area contributed by atoms with E-state index in [9.17, 15) is 8.78 Å². The maximum atomic E-state index is 13.5. The van der Waals surface area contributed by atoms with E-state index >= 15 is 0 Å². The van der Waals surface area contributed by atoms with Crippen LogP contribution in [0.3, 0.4) is 0 Å². The third kappa shape index (κ3) is 2.32. The molecular formula is C12H17F2NO. The molecule has 0 aliphatic heterocycles. The van der Waals surface area contributed by atoms with E-state index in [1.807, 2.05) is 13.8 Å². The van der Waals surface area contributed by atoms with E-state index in [4.69, 9.17) is 10.5 Å². The number of hydrogen-bond acceptors (Lipinski definition) is 2. The fraction of sp³-hybridized carbons (Fsp3) is 0.500. The SMILES string of the molecule is COc1c(C(CN)C(C)C)ccc(F)c1F. The monoisotopic (exact) mass is 229 g/mol. The van der Waals surface area contributed by atoms with E-state index in [0.29, 0.717) is 12.1 Å². The number of nitrogens with two attached hydrogens (primary N) is 1. The minimum Gasteiger partial charge on any atom is -0.493 e. The Morgan fingerprint density at radius 2 is 1.94 bits per heavy atom. The van der Waals surface area contributed by atoms with Crippen LogP contribution in [0, 0.1) is 17.6 Å². The average Bonchev–Trinajstić information content (AvgIpc) is 2.24. The van der Waals surface area contributed by atoms with Gasteiger partial charge in [0.2, 0.25) is 5.82 Å². The van der Waals surface area contributed by atoms with Crippen LogP contribution in [0.2, 0.25) is 0 Å². The number of halogens is 2. The minimum absolute atomic E-state index is 0.0370. The van der Waals surface area contributed by atoms with Gasteiger partial charge in [0, 0.05) is 11.5 Å². The second kappa shape index (κ2) is 5.25. The predicted molar refractivity (Wildman–Crippen MR) is 59.5 cm³/mol. The Kier molecular flexibility index (Phi) is 4.24. The van der Waals surface area contributed by atoms with Gasteiger partial charge in [-0.15, -0.1) is 0 Å². The minimum atomic E-state index is -0.945. The molecule has 1 atom stereocenters. The Hall–Kier alpha value is -1.16. The van der Waals surface area contributed by atoms with Gasteiger partial charge in [-0.25, -0.2) is 4.39 Å². The molecule has 0 aliphatic rings. The molecule has 0 radical (unpaired) electrons. The first-order valence-corrected chi connectivity index (χ1v) is 5.24. The fourth-order valence-corrected chi connectivity index (χ4v) is 1.80. The number of ether oxygens (including phenoxy) is 1. The molecule has 2 nitrogen and oxygen atoms in total. The lowest BCUT2D eigenvalue weighted by Crippen LogP contribution is -2.19. The van der Waals surface area contributed by atoms with E-state index < -0.39 is 11.6 Å². The van der Waals surface area contributed by atoms with Crippen molar-refractivity contribution >= 4 is 0 Å². The highest BCUT2D eigenvalue weighted by Gasteiger charge is 2.22. The zero-order valence-corrected chi connectivity index (χ0v) is 9.76. The Morgan fingerprint density at radius 1 is 1.31 bits per heavy atom. The molecule has 4 heteroatoms. The molecule has 0 aliphatic carbocycles. The maximum absolute atomic E-state index is 13.5. The van der Waals surface area contributed by atoms with Gasteiger partial charge in [0.15, 0.2) is 11.6 Å². The lowest BCUT2D eigenvalue weighted by Gasteiger charge is -2.22. The average molecular weight is 229 g/mol. The van der Waals surface area contributed by atoms with Gasteiger partial charge in [-0.3, -0.25) is 0 Å². The first-order valence-electron chi connectivity index (χ1n) is 5.24. The van der Waals surface area contributed by atoms with E-state index in [2.05, 4.69) is 0 Å². The van der Waals surface area contributed by atoms with Crippen molar-refractivity contribution in [3.63, 3.8) is 0 Å². The summed E-state index contributed by atoms with van der Waals surface area (Å²) in [4.78, 5) is 0. The summed E-state index contributed by atoms with van der Waals surface area (Å²) >= 11 is 0. The molecule has 0 spiro atoms. The molecule has 0 aromatic heterocycles. The normalized spacial score (nSPS) is 12.9. The smallest absolute Gasteiger partial charge is 0.200 e. The maximum Gasteiger partial charge on any atom is 0.200 e. The van der Waals surface area contributed by atoms with Gasteiger partial charge in [-0.05, 0) is 18.5 Å². The lowest BCUT2D eigenvalue weighted by molar-refractivity contribution is 0.357. The molecular weight excluding hydrogens is 212 g/mol. The van der Waals surface area contributed by atoms with Crippen molar-refractivity contribution in [3.8, 4) is 5.75 Å². The molecule has 0 fully saturated rings. The molecule has 90 valence electrons. The van der Waals surface area contributed by atoms with Gasteiger partial charge in [-0.2, -0.15) is 4.39 Å². The van der Waals surface area contributed by atoms with Crippen LogP contribution < -0.4 is 10.5 Å². The standard InChI is InChI=1S/C12H17F2NO/c1-7(2)9(6-15)8-4-5-10(13)11(14)12(8)16-3/h4-5,7,9H,6,15H2,1-3H3. The summed E-state index contributed by atoms with van der Waals surface area (Å²) in [6, 6.07) is 2.65. The largest absolute Gasteiger partial charge is 0.493 e. The summed E-state index contributed by atoms with van der Waals surface area (Å²) in [5, 5.41) is 0. The Bertz CT molecular complexity index is 366. The second-order valence-electron chi connectivity index (χ2n) is 4.07.